The largest absolute Gasteiger partial charge is 0.488 e. The van der Waals surface area contributed by atoms with Gasteiger partial charge in [0.05, 0.1) is 24.5 Å². The number of nitriles is 1. The topological polar surface area (TPSA) is 145 Å². The Bertz CT molecular complexity index is 956. The second-order valence-corrected chi connectivity index (χ2v) is 7.38. The summed E-state index contributed by atoms with van der Waals surface area (Å²) >= 11 is 0. The van der Waals surface area contributed by atoms with Crippen LogP contribution in [0.4, 0.5) is 0 Å². The summed E-state index contributed by atoms with van der Waals surface area (Å²) in [6.45, 7) is -0.233. The fourth-order valence-corrected chi connectivity index (χ4v) is 3.58. The summed E-state index contributed by atoms with van der Waals surface area (Å²) in [4.78, 5) is 4.57. The molecular formula is C23H26N2O7. The first-order chi connectivity index (χ1) is 15.5. The lowest BCUT2D eigenvalue weighted by Crippen LogP contribution is -2.55. The second kappa shape index (κ2) is 11.0. The molecular weight excluding hydrogens is 416 g/mol. The standard InChI is InChI=1S/C23H26N2O7/c1-30-25-8-9-31-18-6-2-14(3-7-18)10-17-11-15(4-5-16(17)12-24)23-22(29)21(28)20(27)19(13-26)32-23/h2-8,11,19-23,26-29H,9-10,13H2,1H3/b25-8+/t19-,20-,21+,22-,23+/m1/s1. The molecule has 9 nitrogen and oxygen atoms in total. The fraction of sp³-hybridized carbons (Fsp3) is 0.391. The molecule has 0 radical (unpaired) electrons. The van der Waals surface area contributed by atoms with Crippen LogP contribution in [0.15, 0.2) is 47.6 Å². The van der Waals surface area contributed by atoms with E-state index >= 15 is 0 Å². The van der Waals surface area contributed by atoms with Crippen molar-refractivity contribution in [2.45, 2.75) is 36.9 Å². The van der Waals surface area contributed by atoms with Crippen LogP contribution in [0.25, 0.3) is 0 Å². The Kier molecular flexibility index (Phi) is 8.16. The zero-order valence-corrected chi connectivity index (χ0v) is 17.5. The van der Waals surface area contributed by atoms with E-state index in [0.29, 0.717) is 28.9 Å². The highest BCUT2D eigenvalue weighted by atomic mass is 16.6. The summed E-state index contributed by atoms with van der Waals surface area (Å²) < 4.78 is 11.2. The van der Waals surface area contributed by atoms with Crippen LogP contribution < -0.4 is 4.74 Å². The Morgan fingerprint density at radius 2 is 1.84 bits per heavy atom. The van der Waals surface area contributed by atoms with Gasteiger partial charge in [-0.2, -0.15) is 5.26 Å². The van der Waals surface area contributed by atoms with Crippen LogP contribution in [0, 0.1) is 11.3 Å². The third kappa shape index (κ3) is 5.43. The van der Waals surface area contributed by atoms with E-state index in [0.717, 1.165) is 5.56 Å². The molecule has 0 spiro atoms. The number of ether oxygens (including phenoxy) is 2. The highest BCUT2D eigenvalue weighted by Gasteiger charge is 2.44. The third-order valence-corrected chi connectivity index (χ3v) is 5.29. The molecule has 0 aliphatic carbocycles. The van der Waals surface area contributed by atoms with E-state index in [2.05, 4.69) is 16.1 Å². The SMILES string of the molecule is CO/N=C/COc1ccc(Cc2cc([C@@H]3O[C@H](CO)[C@@H](O)[C@H](O)[C@H]3O)ccc2C#N)cc1. The number of oxime groups is 1. The van der Waals surface area contributed by atoms with Crippen molar-refractivity contribution < 1.29 is 34.7 Å². The Morgan fingerprint density at radius 3 is 2.50 bits per heavy atom. The van der Waals surface area contributed by atoms with Gasteiger partial charge in [-0.25, -0.2) is 0 Å². The van der Waals surface area contributed by atoms with Crippen molar-refractivity contribution in [1.29, 1.82) is 5.26 Å². The molecule has 1 heterocycles. The smallest absolute Gasteiger partial charge is 0.127 e. The summed E-state index contributed by atoms with van der Waals surface area (Å²) in [5.41, 5.74) is 2.65. The quantitative estimate of drug-likeness (QED) is 0.345. The van der Waals surface area contributed by atoms with Gasteiger partial charge in [0.1, 0.15) is 50.0 Å². The van der Waals surface area contributed by atoms with Crippen LogP contribution in [0.5, 0.6) is 5.75 Å². The van der Waals surface area contributed by atoms with Crippen molar-refractivity contribution in [3.8, 4) is 11.8 Å². The lowest BCUT2D eigenvalue weighted by atomic mass is 9.89. The van der Waals surface area contributed by atoms with Gasteiger partial charge >= 0.3 is 0 Å². The number of hydrogen-bond donors (Lipinski definition) is 4. The summed E-state index contributed by atoms with van der Waals surface area (Å²) in [6.07, 6.45) is -4.29. The van der Waals surface area contributed by atoms with Crippen molar-refractivity contribution in [3.05, 3.63) is 64.7 Å². The van der Waals surface area contributed by atoms with Crippen LogP contribution in [-0.2, 0) is 16.0 Å². The fourth-order valence-electron chi connectivity index (χ4n) is 3.58. The molecule has 1 aliphatic heterocycles. The van der Waals surface area contributed by atoms with Gasteiger partial charge in [-0.1, -0.05) is 29.4 Å². The van der Waals surface area contributed by atoms with Gasteiger partial charge in [0, 0.05) is 0 Å². The Labute approximate surface area is 185 Å². The molecule has 1 fully saturated rings. The van der Waals surface area contributed by atoms with E-state index in [9.17, 15) is 25.7 Å². The van der Waals surface area contributed by atoms with Gasteiger partial charge in [0.15, 0.2) is 0 Å². The van der Waals surface area contributed by atoms with Crippen molar-refractivity contribution >= 4 is 6.21 Å². The van der Waals surface area contributed by atoms with E-state index in [1.165, 1.54) is 13.3 Å². The minimum atomic E-state index is -1.47. The van der Waals surface area contributed by atoms with Gasteiger partial charge in [-0.15, -0.1) is 0 Å². The van der Waals surface area contributed by atoms with Crippen molar-refractivity contribution in [3.63, 3.8) is 0 Å². The average Bonchev–Trinajstić information content (AvgIpc) is 2.81. The zero-order chi connectivity index (χ0) is 23.1. The molecule has 1 saturated heterocycles. The molecule has 170 valence electrons. The molecule has 32 heavy (non-hydrogen) atoms. The Hall–Kier alpha value is -3.00. The first kappa shape index (κ1) is 23.7. The van der Waals surface area contributed by atoms with Crippen LogP contribution in [-0.4, -0.2) is 71.4 Å². The summed E-state index contributed by atoms with van der Waals surface area (Å²) in [7, 11) is 1.45. The van der Waals surface area contributed by atoms with Crippen LogP contribution in [0.2, 0.25) is 0 Å². The second-order valence-electron chi connectivity index (χ2n) is 7.38. The molecule has 0 unspecified atom stereocenters. The van der Waals surface area contributed by atoms with E-state index in [1.807, 2.05) is 24.3 Å². The zero-order valence-electron chi connectivity index (χ0n) is 17.5. The van der Waals surface area contributed by atoms with E-state index in [-0.39, 0.29) is 6.61 Å². The van der Waals surface area contributed by atoms with Gasteiger partial charge in [0.2, 0.25) is 0 Å². The van der Waals surface area contributed by atoms with E-state index < -0.39 is 37.1 Å². The maximum Gasteiger partial charge on any atom is 0.127 e. The predicted molar refractivity (Wildman–Crippen MR) is 114 cm³/mol. The van der Waals surface area contributed by atoms with Crippen LogP contribution in [0.1, 0.15) is 28.4 Å². The number of nitrogens with zero attached hydrogens (tertiary/aromatic N) is 2. The van der Waals surface area contributed by atoms with Gasteiger partial charge < -0.3 is 34.7 Å². The summed E-state index contributed by atoms with van der Waals surface area (Å²) in [5.74, 6) is 0.659. The maximum absolute atomic E-state index is 10.4. The van der Waals surface area contributed by atoms with Gasteiger partial charge in [-0.3, -0.25) is 0 Å². The normalized spacial score (nSPS) is 25.4. The van der Waals surface area contributed by atoms with E-state index in [1.54, 1.807) is 18.2 Å². The third-order valence-electron chi connectivity index (χ3n) is 5.29. The van der Waals surface area contributed by atoms with Crippen molar-refractivity contribution in [2.24, 2.45) is 5.16 Å². The van der Waals surface area contributed by atoms with Crippen molar-refractivity contribution in [1.82, 2.24) is 0 Å². The lowest BCUT2D eigenvalue weighted by molar-refractivity contribution is -0.231. The first-order valence-electron chi connectivity index (χ1n) is 10.1. The molecule has 4 N–H and O–H groups in total. The molecule has 2 aromatic carbocycles. The molecule has 2 aromatic rings. The number of aliphatic hydroxyl groups excluding tert-OH is 4. The Morgan fingerprint density at radius 1 is 1.09 bits per heavy atom. The minimum Gasteiger partial charge on any atom is -0.488 e. The Balaban J connectivity index is 1.78. The highest BCUT2D eigenvalue weighted by molar-refractivity contribution is 5.58. The molecule has 3 rings (SSSR count). The molecule has 0 aromatic heterocycles. The van der Waals surface area contributed by atoms with Gasteiger partial charge in [0.25, 0.3) is 0 Å². The molecule has 5 atom stereocenters. The summed E-state index contributed by atoms with van der Waals surface area (Å²) in [5, 5.41) is 53.0. The molecule has 0 bridgehead atoms. The van der Waals surface area contributed by atoms with Crippen LogP contribution >= 0.6 is 0 Å². The first-order valence-corrected chi connectivity index (χ1v) is 10.1. The number of benzene rings is 2. The summed E-state index contributed by atoms with van der Waals surface area (Å²) in [6, 6.07) is 14.5. The number of hydrogen-bond acceptors (Lipinski definition) is 9. The van der Waals surface area contributed by atoms with Crippen LogP contribution in [0.3, 0.4) is 0 Å². The monoisotopic (exact) mass is 442 g/mol. The maximum atomic E-state index is 10.4. The molecule has 0 amide bonds. The predicted octanol–water partition coefficient (Wildman–Crippen LogP) is 0.675. The van der Waals surface area contributed by atoms with Crippen molar-refractivity contribution in [2.75, 3.05) is 20.3 Å². The average molecular weight is 442 g/mol. The molecule has 0 saturated carbocycles. The number of rotatable bonds is 8. The highest BCUT2D eigenvalue weighted by Crippen LogP contribution is 2.33. The number of aliphatic hydroxyl groups is 4. The van der Waals surface area contributed by atoms with Gasteiger partial charge in [-0.05, 0) is 41.3 Å². The molecule has 9 heteroatoms. The van der Waals surface area contributed by atoms with E-state index in [4.69, 9.17) is 9.47 Å². The minimum absolute atomic E-state index is 0.271. The molecule has 1 aliphatic rings. The lowest BCUT2D eigenvalue weighted by Gasteiger charge is -2.40.